The number of hydrogen-bond donors (Lipinski definition) is 0. The van der Waals surface area contributed by atoms with Crippen molar-refractivity contribution in [2.24, 2.45) is 0 Å². The fourth-order valence-corrected chi connectivity index (χ4v) is 3.08. The Labute approximate surface area is 113 Å². The van der Waals surface area contributed by atoms with Gasteiger partial charge in [0.25, 0.3) is 0 Å². The lowest BCUT2D eigenvalue weighted by molar-refractivity contribution is -0.146. The highest BCUT2D eigenvalue weighted by atomic mass is 16.5. The molecule has 3 rings (SSSR count). The Morgan fingerprint density at radius 3 is 2.58 bits per heavy atom. The molecular weight excluding hydrogens is 236 g/mol. The van der Waals surface area contributed by atoms with Crippen molar-refractivity contribution in [3.63, 3.8) is 0 Å². The second kappa shape index (κ2) is 4.78. The van der Waals surface area contributed by atoms with Crippen molar-refractivity contribution in [1.82, 2.24) is 0 Å². The zero-order chi connectivity index (χ0) is 13.3. The zero-order valence-corrected chi connectivity index (χ0v) is 11.2. The van der Waals surface area contributed by atoms with Crippen molar-refractivity contribution in [2.75, 3.05) is 7.11 Å². The lowest BCUT2D eigenvalue weighted by atomic mass is 9.78. The highest BCUT2D eigenvalue weighted by Crippen LogP contribution is 2.38. The standard InChI is InChI=1S/C17H18O2/c1-19-17(11-5-4-8-16(17)18)15-10-9-13-6-2-3-7-14(13)12-15/h2-3,6-7,9-10,12H,4-5,8,11H2,1H3. The zero-order valence-electron chi connectivity index (χ0n) is 11.2. The predicted molar refractivity (Wildman–Crippen MR) is 76.1 cm³/mol. The van der Waals surface area contributed by atoms with Crippen LogP contribution in [-0.4, -0.2) is 12.9 Å². The molecule has 1 unspecified atom stereocenters. The van der Waals surface area contributed by atoms with E-state index >= 15 is 0 Å². The van der Waals surface area contributed by atoms with Crippen LogP contribution in [0, 0.1) is 0 Å². The van der Waals surface area contributed by atoms with E-state index < -0.39 is 5.60 Å². The molecule has 0 bridgehead atoms. The maximum atomic E-state index is 12.4. The average molecular weight is 254 g/mol. The van der Waals surface area contributed by atoms with Crippen LogP contribution >= 0.6 is 0 Å². The van der Waals surface area contributed by atoms with Gasteiger partial charge in [0.2, 0.25) is 0 Å². The monoisotopic (exact) mass is 254 g/mol. The number of ether oxygens (including phenoxy) is 1. The van der Waals surface area contributed by atoms with Crippen molar-refractivity contribution in [1.29, 1.82) is 0 Å². The minimum Gasteiger partial charge on any atom is -0.366 e. The van der Waals surface area contributed by atoms with Gasteiger partial charge in [-0.15, -0.1) is 0 Å². The summed E-state index contributed by atoms with van der Waals surface area (Å²) in [4.78, 5) is 12.4. The summed E-state index contributed by atoms with van der Waals surface area (Å²) in [7, 11) is 1.65. The van der Waals surface area contributed by atoms with Gasteiger partial charge >= 0.3 is 0 Å². The maximum absolute atomic E-state index is 12.4. The number of carbonyl (C=O) groups is 1. The molecule has 1 fully saturated rings. The summed E-state index contributed by atoms with van der Waals surface area (Å²) in [6.07, 6.45) is 3.45. The van der Waals surface area contributed by atoms with Crippen LogP contribution < -0.4 is 0 Å². The number of ketones is 1. The van der Waals surface area contributed by atoms with Crippen molar-refractivity contribution < 1.29 is 9.53 Å². The minimum atomic E-state index is -0.720. The first-order valence-corrected chi connectivity index (χ1v) is 6.84. The molecule has 0 N–H and O–H groups in total. The van der Waals surface area contributed by atoms with Crippen LogP contribution in [0.3, 0.4) is 0 Å². The van der Waals surface area contributed by atoms with Gasteiger partial charge in [0.15, 0.2) is 11.4 Å². The molecule has 0 amide bonds. The largest absolute Gasteiger partial charge is 0.366 e. The van der Waals surface area contributed by atoms with Crippen LogP contribution in [0.5, 0.6) is 0 Å². The van der Waals surface area contributed by atoms with Gasteiger partial charge in [-0.05, 0) is 41.7 Å². The average Bonchev–Trinajstić information content (AvgIpc) is 2.47. The smallest absolute Gasteiger partial charge is 0.169 e. The van der Waals surface area contributed by atoms with Crippen molar-refractivity contribution >= 4 is 16.6 Å². The molecular formula is C17H18O2. The summed E-state index contributed by atoms with van der Waals surface area (Å²) in [6.45, 7) is 0. The highest BCUT2D eigenvalue weighted by molar-refractivity contribution is 5.91. The number of methoxy groups -OCH3 is 1. The SMILES string of the molecule is COC1(c2ccc3ccccc3c2)CCCCC1=O. The van der Waals surface area contributed by atoms with E-state index in [1.54, 1.807) is 7.11 Å². The van der Waals surface area contributed by atoms with Crippen molar-refractivity contribution in [3.8, 4) is 0 Å². The topological polar surface area (TPSA) is 26.3 Å². The van der Waals surface area contributed by atoms with E-state index in [4.69, 9.17) is 4.74 Å². The number of rotatable bonds is 2. The first-order chi connectivity index (χ1) is 9.26. The Hall–Kier alpha value is -1.67. The summed E-state index contributed by atoms with van der Waals surface area (Å²) in [6, 6.07) is 14.4. The highest BCUT2D eigenvalue weighted by Gasteiger charge is 2.41. The molecule has 1 aliphatic carbocycles. The Morgan fingerprint density at radius 1 is 1.05 bits per heavy atom. The molecule has 98 valence electrons. The lowest BCUT2D eigenvalue weighted by Gasteiger charge is -2.35. The number of benzene rings is 2. The van der Waals surface area contributed by atoms with Gasteiger partial charge in [-0.2, -0.15) is 0 Å². The fourth-order valence-electron chi connectivity index (χ4n) is 3.08. The van der Waals surface area contributed by atoms with E-state index in [2.05, 4.69) is 24.3 Å². The number of Topliss-reactive ketones (excluding diaryl/α,β-unsaturated/α-hetero) is 1. The second-order valence-electron chi connectivity index (χ2n) is 5.22. The van der Waals surface area contributed by atoms with Crippen LogP contribution in [0.2, 0.25) is 0 Å². The summed E-state index contributed by atoms with van der Waals surface area (Å²) < 4.78 is 5.68. The predicted octanol–water partition coefficient (Wildman–Crippen LogP) is 3.82. The van der Waals surface area contributed by atoms with Gasteiger partial charge in [-0.3, -0.25) is 4.79 Å². The van der Waals surface area contributed by atoms with Crippen LogP contribution in [0.4, 0.5) is 0 Å². The maximum Gasteiger partial charge on any atom is 0.169 e. The summed E-state index contributed by atoms with van der Waals surface area (Å²) in [5.74, 6) is 0.219. The molecule has 1 atom stereocenters. The molecule has 1 saturated carbocycles. The van der Waals surface area contributed by atoms with Crippen LogP contribution in [0.25, 0.3) is 10.8 Å². The molecule has 1 aliphatic rings. The van der Waals surface area contributed by atoms with E-state index in [0.29, 0.717) is 6.42 Å². The molecule has 0 heterocycles. The summed E-state index contributed by atoms with van der Waals surface area (Å²) in [5, 5.41) is 2.36. The number of carbonyl (C=O) groups excluding carboxylic acids is 1. The van der Waals surface area contributed by atoms with Gasteiger partial charge in [0.1, 0.15) is 0 Å². The molecule has 0 radical (unpaired) electrons. The molecule has 2 aromatic carbocycles. The van der Waals surface area contributed by atoms with Crippen molar-refractivity contribution in [3.05, 3.63) is 48.0 Å². The Morgan fingerprint density at radius 2 is 1.84 bits per heavy atom. The quantitative estimate of drug-likeness (QED) is 0.814. The third-order valence-corrected chi connectivity index (χ3v) is 4.20. The third kappa shape index (κ3) is 1.96. The first kappa shape index (κ1) is 12.4. The molecule has 19 heavy (non-hydrogen) atoms. The Balaban J connectivity index is 2.13. The first-order valence-electron chi connectivity index (χ1n) is 6.84. The van der Waals surface area contributed by atoms with Crippen LogP contribution in [0.1, 0.15) is 31.2 Å². The third-order valence-electron chi connectivity index (χ3n) is 4.20. The van der Waals surface area contributed by atoms with E-state index in [1.807, 2.05) is 18.2 Å². The second-order valence-corrected chi connectivity index (χ2v) is 5.22. The summed E-state index contributed by atoms with van der Waals surface area (Å²) in [5.41, 5.74) is 0.279. The van der Waals surface area contributed by atoms with Gasteiger partial charge in [0, 0.05) is 13.5 Å². The molecule has 0 aliphatic heterocycles. The van der Waals surface area contributed by atoms with Crippen LogP contribution in [-0.2, 0) is 15.1 Å². The molecule has 0 spiro atoms. The van der Waals surface area contributed by atoms with Gasteiger partial charge in [-0.25, -0.2) is 0 Å². The minimum absolute atomic E-state index is 0.219. The Kier molecular flexibility index (Phi) is 3.11. The molecule has 0 saturated heterocycles. The fraction of sp³-hybridized carbons (Fsp3) is 0.353. The van der Waals surface area contributed by atoms with Crippen LogP contribution in [0.15, 0.2) is 42.5 Å². The lowest BCUT2D eigenvalue weighted by Crippen LogP contribution is -2.40. The van der Waals surface area contributed by atoms with Crippen molar-refractivity contribution in [2.45, 2.75) is 31.3 Å². The van der Waals surface area contributed by atoms with E-state index in [0.717, 1.165) is 30.2 Å². The van der Waals surface area contributed by atoms with E-state index in [1.165, 1.54) is 5.39 Å². The van der Waals surface area contributed by atoms with E-state index in [9.17, 15) is 4.79 Å². The molecule has 2 aromatic rings. The normalized spacial score (nSPS) is 23.7. The Bertz CT molecular complexity index is 617. The van der Waals surface area contributed by atoms with Gasteiger partial charge < -0.3 is 4.74 Å². The molecule has 2 heteroatoms. The number of hydrogen-bond acceptors (Lipinski definition) is 2. The van der Waals surface area contributed by atoms with Gasteiger partial charge in [-0.1, -0.05) is 36.4 Å². The van der Waals surface area contributed by atoms with Gasteiger partial charge in [0.05, 0.1) is 0 Å². The van der Waals surface area contributed by atoms with E-state index in [-0.39, 0.29) is 5.78 Å². The molecule has 2 nitrogen and oxygen atoms in total. The molecule has 0 aromatic heterocycles. The number of fused-ring (bicyclic) bond motifs is 1. The summed E-state index contributed by atoms with van der Waals surface area (Å²) >= 11 is 0.